The van der Waals surface area contributed by atoms with Crippen LogP contribution in [-0.2, 0) is 4.74 Å². The quantitative estimate of drug-likeness (QED) is 0.695. The number of ether oxygens (including phenoxy) is 1. The standard InChI is InChI=1S/C10H14NO/c1-3-12-8(2)9-5-4-6-10(11)7-9/h4-8H,2-3,11H2,1H3. The number of hydrogen-bond donors (Lipinski definition) is 1. The molecule has 0 bridgehead atoms. The summed E-state index contributed by atoms with van der Waals surface area (Å²) in [6, 6.07) is 7.60. The summed E-state index contributed by atoms with van der Waals surface area (Å²) in [5, 5.41) is 0. The van der Waals surface area contributed by atoms with E-state index in [1.807, 2.05) is 31.2 Å². The first kappa shape index (κ1) is 9.07. The summed E-state index contributed by atoms with van der Waals surface area (Å²) in [7, 11) is 0. The topological polar surface area (TPSA) is 35.2 Å². The van der Waals surface area contributed by atoms with Crippen LogP contribution in [0.15, 0.2) is 24.3 Å². The Bertz CT molecular complexity index is 247. The van der Waals surface area contributed by atoms with Crippen LogP contribution in [0.3, 0.4) is 0 Å². The zero-order valence-electron chi connectivity index (χ0n) is 7.29. The van der Waals surface area contributed by atoms with Crippen molar-refractivity contribution in [1.29, 1.82) is 0 Å². The van der Waals surface area contributed by atoms with Crippen LogP contribution in [-0.4, -0.2) is 6.61 Å². The molecule has 2 N–H and O–H groups in total. The number of rotatable bonds is 3. The van der Waals surface area contributed by atoms with E-state index in [9.17, 15) is 0 Å². The van der Waals surface area contributed by atoms with Gasteiger partial charge in [-0.05, 0) is 31.5 Å². The molecule has 1 atom stereocenters. The Balaban J connectivity index is 2.73. The molecule has 1 unspecified atom stereocenters. The highest BCUT2D eigenvalue weighted by molar-refractivity contribution is 5.41. The maximum absolute atomic E-state index is 5.61. The van der Waals surface area contributed by atoms with Crippen molar-refractivity contribution in [2.24, 2.45) is 0 Å². The second-order valence-corrected chi connectivity index (χ2v) is 2.61. The molecular formula is C10H14NO. The maximum Gasteiger partial charge on any atom is 0.0826 e. The van der Waals surface area contributed by atoms with Gasteiger partial charge in [0, 0.05) is 12.3 Å². The third kappa shape index (κ3) is 2.24. The summed E-state index contributed by atoms with van der Waals surface area (Å²) in [5.41, 5.74) is 7.38. The van der Waals surface area contributed by atoms with Gasteiger partial charge in [-0.25, -0.2) is 0 Å². The van der Waals surface area contributed by atoms with Gasteiger partial charge in [0.05, 0.1) is 6.10 Å². The lowest BCUT2D eigenvalue weighted by molar-refractivity contribution is 0.0949. The van der Waals surface area contributed by atoms with Crippen LogP contribution >= 0.6 is 0 Å². The van der Waals surface area contributed by atoms with Gasteiger partial charge in [-0.15, -0.1) is 0 Å². The summed E-state index contributed by atoms with van der Waals surface area (Å²) in [6.45, 7) is 6.48. The Morgan fingerprint density at radius 2 is 2.33 bits per heavy atom. The van der Waals surface area contributed by atoms with E-state index < -0.39 is 0 Å². The lowest BCUT2D eigenvalue weighted by Gasteiger charge is -2.11. The van der Waals surface area contributed by atoms with Gasteiger partial charge in [-0.2, -0.15) is 0 Å². The maximum atomic E-state index is 5.61. The van der Waals surface area contributed by atoms with Crippen LogP contribution in [0, 0.1) is 6.92 Å². The van der Waals surface area contributed by atoms with Crippen LogP contribution in [0.1, 0.15) is 18.6 Å². The molecule has 2 nitrogen and oxygen atoms in total. The van der Waals surface area contributed by atoms with Crippen LogP contribution < -0.4 is 5.73 Å². The van der Waals surface area contributed by atoms with E-state index in [0.717, 1.165) is 11.3 Å². The summed E-state index contributed by atoms with van der Waals surface area (Å²) in [5.74, 6) is 0. The molecule has 0 aliphatic carbocycles. The summed E-state index contributed by atoms with van der Waals surface area (Å²) >= 11 is 0. The SMILES string of the molecule is [CH2]C(OCC)c1cccc(N)c1. The zero-order chi connectivity index (χ0) is 8.97. The van der Waals surface area contributed by atoms with E-state index in [2.05, 4.69) is 6.92 Å². The molecule has 1 rings (SSSR count). The molecule has 12 heavy (non-hydrogen) atoms. The van der Waals surface area contributed by atoms with Gasteiger partial charge in [0.15, 0.2) is 0 Å². The minimum atomic E-state index is -0.113. The van der Waals surface area contributed by atoms with Gasteiger partial charge < -0.3 is 10.5 Å². The van der Waals surface area contributed by atoms with Crippen molar-refractivity contribution in [3.8, 4) is 0 Å². The lowest BCUT2D eigenvalue weighted by Crippen LogP contribution is -2.00. The molecule has 1 radical (unpaired) electrons. The Hall–Kier alpha value is -1.02. The predicted molar refractivity (Wildman–Crippen MR) is 50.6 cm³/mol. The molecule has 0 aliphatic rings. The zero-order valence-corrected chi connectivity index (χ0v) is 7.29. The Morgan fingerprint density at radius 3 is 2.92 bits per heavy atom. The fourth-order valence-electron chi connectivity index (χ4n) is 1.06. The second-order valence-electron chi connectivity index (χ2n) is 2.61. The molecule has 0 saturated heterocycles. The molecule has 1 aromatic carbocycles. The number of benzene rings is 1. The highest BCUT2D eigenvalue weighted by Crippen LogP contribution is 2.17. The summed E-state index contributed by atoms with van der Waals surface area (Å²) < 4.78 is 5.32. The molecule has 0 saturated carbocycles. The van der Waals surface area contributed by atoms with Gasteiger partial charge in [-0.3, -0.25) is 0 Å². The van der Waals surface area contributed by atoms with Gasteiger partial charge in [0.25, 0.3) is 0 Å². The van der Waals surface area contributed by atoms with Gasteiger partial charge in [0.2, 0.25) is 0 Å². The molecule has 0 fully saturated rings. The minimum absolute atomic E-state index is 0.113. The molecule has 1 aromatic rings. The van der Waals surface area contributed by atoms with Crippen LogP contribution in [0.4, 0.5) is 5.69 Å². The predicted octanol–water partition coefficient (Wildman–Crippen LogP) is 2.18. The molecule has 65 valence electrons. The normalized spacial score (nSPS) is 12.8. The van der Waals surface area contributed by atoms with E-state index in [1.54, 1.807) is 0 Å². The fraction of sp³-hybridized carbons (Fsp3) is 0.300. The van der Waals surface area contributed by atoms with Crippen molar-refractivity contribution >= 4 is 5.69 Å². The van der Waals surface area contributed by atoms with Crippen LogP contribution in [0.5, 0.6) is 0 Å². The average molecular weight is 164 g/mol. The Labute approximate surface area is 73.3 Å². The Morgan fingerprint density at radius 1 is 1.58 bits per heavy atom. The van der Waals surface area contributed by atoms with Gasteiger partial charge in [-0.1, -0.05) is 12.1 Å². The first-order valence-corrected chi connectivity index (χ1v) is 4.04. The summed E-state index contributed by atoms with van der Waals surface area (Å²) in [4.78, 5) is 0. The lowest BCUT2D eigenvalue weighted by atomic mass is 10.1. The van der Waals surface area contributed by atoms with E-state index in [0.29, 0.717) is 6.61 Å². The fourth-order valence-corrected chi connectivity index (χ4v) is 1.06. The molecule has 0 aromatic heterocycles. The van der Waals surface area contributed by atoms with E-state index >= 15 is 0 Å². The largest absolute Gasteiger partial charge is 0.399 e. The first-order valence-electron chi connectivity index (χ1n) is 4.04. The highest BCUT2D eigenvalue weighted by atomic mass is 16.5. The van der Waals surface area contributed by atoms with Crippen molar-refractivity contribution < 1.29 is 4.74 Å². The number of nitrogen functional groups attached to an aromatic ring is 1. The molecular weight excluding hydrogens is 150 g/mol. The Kier molecular flexibility index (Phi) is 3.11. The number of anilines is 1. The summed E-state index contributed by atoms with van der Waals surface area (Å²) in [6.07, 6.45) is -0.113. The first-order chi connectivity index (χ1) is 5.74. The van der Waals surface area contributed by atoms with E-state index in [1.165, 1.54) is 0 Å². The molecule has 0 aliphatic heterocycles. The van der Waals surface area contributed by atoms with E-state index in [-0.39, 0.29) is 6.10 Å². The highest BCUT2D eigenvalue weighted by Gasteiger charge is 2.03. The average Bonchev–Trinajstić information content (AvgIpc) is 2.05. The monoisotopic (exact) mass is 164 g/mol. The van der Waals surface area contributed by atoms with Crippen molar-refractivity contribution in [3.05, 3.63) is 36.8 Å². The molecule has 0 amide bonds. The van der Waals surface area contributed by atoms with E-state index in [4.69, 9.17) is 10.5 Å². The van der Waals surface area contributed by atoms with Crippen molar-refractivity contribution in [1.82, 2.24) is 0 Å². The van der Waals surface area contributed by atoms with Gasteiger partial charge >= 0.3 is 0 Å². The molecule has 2 heteroatoms. The van der Waals surface area contributed by atoms with Gasteiger partial charge in [0.1, 0.15) is 0 Å². The minimum Gasteiger partial charge on any atom is -0.399 e. The molecule has 0 heterocycles. The van der Waals surface area contributed by atoms with Crippen molar-refractivity contribution in [3.63, 3.8) is 0 Å². The molecule has 0 spiro atoms. The smallest absolute Gasteiger partial charge is 0.0826 e. The van der Waals surface area contributed by atoms with Crippen molar-refractivity contribution in [2.75, 3.05) is 12.3 Å². The second kappa shape index (κ2) is 4.12. The van der Waals surface area contributed by atoms with Crippen LogP contribution in [0.2, 0.25) is 0 Å². The van der Waals surface area contributed by atoms with Crippen LogP contribution in [0.25, 0.3) is 0 Å². The number of nitrogens with two attached hydrogens (primary N) is 1. The third-order valence-electron chi connectivity index (χ3n) is 1.65. The number of hydrogen-bond acceptors (Lipinski definition) is 2. The third-order valence-corrected chi connectivity index (χ3v) is 1.65. The van der Waals surface area contributed by atoms with Crippen molar-refractivity contribution in [2.45, 2.75) is 13.0 Å².